The van der Waals surface area contributed by atoms with E-state index in [-0.39, 0.29) is 5.91 Å². The van der Waals surface area contributed by atoms with Crippen LogP contribution in [0.1, 0.15) is 29.4 Å². The Morgan fingerprint density at radius 2 is 2.00 bits per heavy atom. The predicted octanol–water partition coefficient (Wildman–Crippen LogP) is 3.75. The lowest BCUT2D eigenvalue weighted by Crippen LogP contribution is -2.35. The molecule has 4 nitrogen and oxygen atoms in total. The van der Waals surface area contributed by atoms with E-state index in [2.05, 4.69) is 22.5 Å². The summed E-state index contributed by atoms with van der Waals surface area (Å²) in [6.45, 7) is 2.81. The molecule has 1 amide bonds. The summed E-state index contributed by atoms with van der Waals surface area (Å²) in [5.74, 6) is 0.358. The minimum atomic E-state index is -0.135. The first-order valence-corrected chi connectivity index (χ1v) is 7.89. The molecule has 110 valence electrons. The fourth-order valence-electron chi connectivity index (χ4n) is 1.69. The quantitative estimate of drug-likeness (QED) is 0.502. The largest absolute Gasteiger partial charge is 0.326 e. The van der Waals surface area contributed by atoms with Crippen LogP contribution in [0.3, 0.4) is 0 Å². The average molecular weight is 301 g/mol. The van der Waals surface area contributed by atoms with Crippen LogP contribution in [-0.2, 0) is 0 Å². The van der Waals surface area contributed by atoms with Gasteiger partial charge in [-0.25, -0.2) is 0 Å². The number of aliphatic imine (C=N–C) groups is 1. The number of thiophene rings is 1. The molecule has 0 unspecified atom stereocenters. The molecule has 0 saturated carbocycles. The number of nitrogens with zero attached hydrogens (tertiary/aromatic N) is 1. The number of amides is 1. The molecule has 1 aromatic carbocycles. The maximum Gasteiger partial charge on any atom is 0.268 e. The van der Waals surface area contributed by atoms with Crippen LogP contribution in [0.4, 0.5) is 5.69 Å². The van der Waals surface area contributed by atoms with Crippen LogP contribution in [0.5, 0.6) is 0 Å². The van der Waals surface area contributed by atoms with Gasteiger partial charge in [0.2, 0.25) is 5.96 Å². The SMILES string of the molecule is CCCCN=C(NC(=O)c1cccs1)Nc1ccccc1. The molecule has 5 heteroatoms. The number of benzene rings is 1. The monoisotopic (exact) mass is 301 g/mol. The number of unbranched alkanes of at least 4 members (excludes halogenated alkanes) is 1. The van der Waals surface area contributed by atoms with Crippen LogP contribution in [0, 0.1) is 0 Å². The highest BCUT2D eigenvalue weighted by Crippen LogP contribution is 2.09. The van der Waals surface area contributed by atoms with Gasteiger partial charge < -0.3 is 5.32 Å². The summed E-state index contributed by atoms with van der Waals surface area (Å²) in [6, 6.07) is 13.4. The van der Waals surface area contributed by atoms with Crippen molar-refractivity contribution in [3.8, 4) is 0 Å². The van der Waals surface area contributed by atoms with Gasteiger partial charge in [-0.05, 0) is 30.0 Å². The second kappa shape index (κ2) is 8.21. The maximum absolute atomic E-state index is 12.1. The van der Waals surface area contributed by atoms with Gasteiger partial charge in [0.1, 0.15) is 0 Å². The van der Waals surface area contributed by atoms with E-state index < -0.39 is 0 Å². The standard InChI is InChI=1S/C16H19N3OS/c1-2-3-11-17-16(18-13-8-5-4-6-9-13)19-15(20)14-10-7-12-21-14/h4-10,12H,2-3,11H2,1H3,(H2,17,18,19,20). The third-order valence-corrected chi connectivity index (χ3v) is 3.66. The first-order chi connectivity index (χ1) is 10.3. The molecule has 21 heavy (non-hydrogen) atoms. The van der Waals surface area contributed by atoms with Gasteiger partial charge in [-0.1, -0.05) is 37.6 Å². The van der Waals surface area contributed by atoms with Gasteiger partial charge in [-0.15, -0.1) is 11.3 Å². The van der Waals surface area contributed by atoms with Crippen molar-refractivity contribution in [3.63, 3.8) is 0 Å². The molecule has 0 atom stereocenters. The van der Waals surface area contributed by atoms with Gasteiger partial charge in [0.25, 0.3) is 5.91 Å². The Labute approximate surface area is 128 Å². The Morgan fingerprint density at radius 3 is 2.67 bits per heavy atom. The van der Waals surface area contributed by atoms with Crippen LogP contribution >= 0.6 is 11.3 Å². The first kappa shape index (κ1) is 15.3. The van der Waals surface area contributed by atoms with Gasteiger partial charge in [0, 0.05) is 12.2 Å². The van der Waals surface area contributed by atoms with E-state index in [4.69, 9.17) is 0 Å². The number of hydrogen-bond acceptors (Lipinski definition) is 3. The van der Waals surface area contributed by atoms with Crippen molar-refractivity contribution in [1.82, 2.24) is 5.32 Å². The van der Waals surface area contributed by atoms with Crippen molar-refractivity contribution in [2.75, 3.05) is 11.9 Å². The van der Waals surface area contributed by atoms with Gasteiger partial charge in [-0.3, -0.25) is 15.1 Å². The van der Waals surface area contributed by atoms with Crippen LogP contribution in [0.15, 0.2) is 52.8 Å². The molecule has 1 heterocycles. The van der Waals surface area contributed by atoms with Gasteiger partial charge in [-0.2, -0.15) is 0 Å². The molecule has 0 aliphatic heterocycles. The Bertz CT molecular complexity index is 579. The topological polar surface area (TPSA) is 53.5 Å². The Balaban J connectivity index is 2.05. The summed E-state index contributed by atoms with van der Waals surface area (Å²) in [6.07, 6.45) is 2.07. The number of nitrogens with one attached hydrogen (secondary N) is 2. The molecule has 0 spiro atoms. The zero-order chi connectivity index (χ0) is 14.9. The van der Waals surface area contributed by atoms with E-state index in [1.165, 1.54) is 11.3 Å². The fraction of sp³-hybridized carbons (Fsp3) is 0.250. The fourth-order valence-corrected chi connectivity index (χ4v) is 2.31. The second-order valence-corrected chi connectivity index (χ2v) is 5.45. The number of para-hydroxylation sites is 1. The number of hydrogen-bond donors (Lipinski definition) is 2. The van der Waals surface area contributed by atoms with Crippen LogP contribution in [0.2, 0.25) is 0 Å². The Hall–Kier alpha value is -2.14. The van der Waals surface area contributed by atoms with E-state index >= 15 is 0 Å². The van der Waals surface area contributed by atoms with Gasteiger partial charge in [0.15, 0.2) is 0 Å². The van der Waals surface area contributed by atoms with Crippen molar-refractivity contribution in [3.05, 3.63) is 52.7 Å². The summed E-state index contributed by atoms with van der Waals surface area (Å²) in [7, 11) is 0. The Kier molecular flexibility index (Phi) is 5.97. The lowest BCUT2D eigenvalue weighted by atomic mass is 10.3. The van der Waals surface area contributed by atoms with E-state index in [1.54, 1.807) is 6.07 Å². The van der Waals surface area contributed by atoms with Crippen LogP contribution in [0.25, 0.3) is 0 Å². The number of carbonyl (C=O) groups excluding carboxylic acids is 1. The molecule has 2 rings (SSSR count). The molecule has 0 saturated heterocycles. The highest BCUT2D eigenvalue weighted by atomic mass is 32.1. The molecule has 1 aromatic heterocycles. The maximum atomic E-state index is 12.1. The van der Waals surface area contributed by atoms with Gasteiger partial charge >= 0.3 is 0 Å². The van der Waals surface area contributed by atoms with Crippen molar-refractivity contribution >= 4 is 28.9 Å². The van der Waals surface area contributed by atoms with Gasteiger partial charge in [0.05, 0.1) is 4.88 Å². The second-order valence-electron chi connectivity index (χ2n) is 4.51. The number of carbonyl (C=O) groups is 1. The molecule has 0 aliphatic carbocycles. The molecule has 2 N–H and O–H groups in total. The number of anilines is 1. The zero-order valence-electron chi connectivity index (χ0n) is 12.0. The zero-order valence-corrected chi connectivity index (χ0v) is 12.8. The minimum absolute atomic E-state index is 0.135. The highest BCUT2D eigenvalue weighted by molar-refractivity contribution is 7.12. The van der Waals surface area contributed by atoms with Crippen molar-refractivity contribution in [1.29, 1.82) is 0 Å². The predicted molar refractivity (Wildman–Crippen MR) is 89.1 cm³/mol. The smallest absolute Gasteiger partial charge is 0.268 e. The summed E-state index contributed by atoms with van der Waals surface area (Å²) in [5.41, 5.74) is 0.902. The lowest BCUT2D eigenvalue weighted by molar-refractivity contribution is 0.0981. The third-order valence-electron chi connectivity index (χ3n) is 2.80. The summed E-state index contributed by atoms with van der Waals surface area (Å²) in [5, 5.41) is 7.87. The van der Waals surface area contributed by atoms with Crippen LogP contribution in [-0.4, -0.2) is 18.4 Å². The molecule has 0 radical (unpaired) electrons. The van der Waals surface area contributed by atoms with Crippen molar-refractivity contribution in [2.45, 2.75) is 19.8 Å². The average Bonchev–Trinajstić information content (AvgIpc) is 3.03. The molecule has 0 bridgehead atoms. The normalized spacial score (nSPS) is 11.2. The Morgan fingerprint density at radius 1 is 1.19 bits per heavy atom. The summed E-state index contributed by atoms with van der Waals surface area (Å²) >= 11 is 1.41. The first-order valence-electron chi connectivity index (χ1n) is 7.01. The van der Waals surface area contributed by atoms with Crippen LogP contribution < -0.4 is 10.6 Å². The molecule has 2 aromatic rings. The van der Waals surface area contributed by atoms with E-state index in [9.17, 15) is 4.79 Å². The summed E-state index contributed by atoms with van der Waals surface area (Å²) in [4.78, 5) is 17.2. The molecular formula is C16H19N3OS. The van der Waals surface area contributed by atoms with E-state index in [1.807, 2.05) is 41.8 Å². The van der Waals surface area contributed by atoms with Crippen molar-refractivity contribution in [2.24, 2.45) is 4.99 Å². The molecule has 0 fully saturated rings. The third kappa shape index (κ3) is 5.04. The number of guanidine groups is 1. The molecule has 0 aliphatic rings. The lowest BCUT2D eigenvalue weighted by Gasteiger charge is -2.11. The van der Waals surface area contributed by atoms with Crippen molar-refractivity contribution < 1.29 is 4.79 Å². The highest BCUT2D eigenvalue weighted by Gasteiger charge is 2.09. The number of rotatable bonds is 5. The van der Waals surface area contributed by atoms with E-state index in [0.717, 1.165) is 18.5 Å². The minimum Gasteiger partial charge on any atom is -0.326 e. The molecular weight excluding hydrogens is 282 g/mol. The summed E-state index contributed by atoms with van der Waals surface area (Å²) < 4.78 is 0. The van der Waals surface area contributed by atoms with E-state index in [0.29, 0.717) is 17.4 Å².